The Bertz CT molecular complexity index is 611. The van der Waals surface area contributed by atoms with Crippen molar-refractivity contribution < 1.29 is 30.5 Å². The maximum atomic E-state index is 12.1. The molecule has 0 aliphatic heterocycles. The van der Waals surface area contributed by atoms with E-state index in [1.54, 1.807) is 0 Å². The molecule has 0 bridgehead atoms. The first-order chi connectivity index (χ1) is 12.5. The zero-order valence-electron chi connectivity index (χ0n) is 15.9. The van der Waals surface area contributed by atoms with Crippen LogP contribution in [0.1, 0.15) is 58.4 Å². The number of benzene rings is 1. The van der Waals surface area contributed by atoms with Crippen molar-refractivity contribution >= 4 is 11.4 Å². The topological polar surface area (TPSA) is 44.8 Å². The number of ether oxygens (including phenoxy) is 1. The minimum atomic E-state index is -4.35. The standard InChI is InChI=1S/C19H27F3O4S/c1-18(2,3)14-8-10-15(11-9-14)25-16-6-4-5-7-17(16)26-27(23)24-13-12-19(20,21)22/h8-11,16-17H,4-7,12-13H2,1-3H3/t16-,17-,27?/m0/s1. The molecule has 0 radical (unpaired) electrons. The number of halogens is 3. The fourth-order valence-electron chi connectivity index (χ4n) is 2.87. The van der Waals surface area contributed by atoms with Crippen LogP contribution in [-0.4, -0.2) is 29.2 Å². The van der Waals surface area contributed by atoms with Crippen LogP contribution in [0.15, 0.2) is 24.3 Å². The normalized spacial score (nSPS) is 22.4. The van der Waals surface area contributed by atoms with Gasteiger partial charge in [0.15, 0.2) is 0 Å². The van der Waals surface area contributed by atoms with Gasteiger partial charge < -0.3 is 4.74 Å². The molecule has 0 spiro atoms. The minimum absolute atomic E-state index is 0.0413. The van der Waals surface area contributed by atoms with E-state index < -0.39 is 36.7 Å². The second-order valence-corrected chi connectivity index (χ2v) is 8.58. The summed E-state index contributed by atoms with van der Waals surface area (Å²) >= 11 is -2.23. The molecule has 0 aromatic heterocycles. The van der Waals surface area contributed by atoms with Crippen molar-refractivity contribution in [1.82, 2.24) is 0 Å². The number of hydrogen-bond donors (Lipinski definition) is 0. The van der Waals surface area contributed by atoms with E-state index >= 15 is 0 Å². The number of hydrogen-bond acceptors (Lipinski definition) is 4. The minimum Gasteiger partial charge on any atom is -0.488 e. The molecule has 1 aliphatic carbocycles. The molecule has 1 fully saturated rings. The second-order valence-electron chi connectivity index (χ2n) is 7.74. The maximum Gasteiger partial charge on any atom is 0.391 e. The van der Waals surface area contributed by atoms with E-state index in [2.05, 4.69) is 25.0 Å². The van der Waals surface area contributed by atoms with Crippen LogP contribution in [0.2, 0.25) is 0 Å². The van der Waals surface area contributed by atoms with Crippen LogP contribution in [0.5, 0.6) is 5.75 Å². The van der Waals surface area contributed by atoms with Crippen LogP contribution in [0, 0.1) is 0 Å². The molecule has 0 heterocycles. The summed E-state index contributed by atoms with van der Waals surface area (Å²) in [7, 11) is 0. The average molecular weight is 408 g/mol. The molecule has 8 heteroatoms. The van der Waals surface area contributed by atoms with Crippen molar-refractivity contribution in [1.29, 1.82) is 0 Å². The molecular formula is C19H27F3O4S. The first-order valence-electron chi connectivity index (χ1n) is 9.11. The van der Waals surface area contributed by atoms with Gasteiger partial charge in [-0.05, 0) is 42.4 Å². The quantitative estimate of drug-likeness (QED) is 0.619. The predicted molar refractivity (Wildman–Crippen MR) is 97.7 cm³/mol. The van der Waals surface area contributed by atoms with E-state index in [1.165, 1.54) is 5.56 Å². The van der Waals surface area contributed by atoms with Gasteiger partial charge in [-0.25, -0.2) is 0 Å². The fourth-order valence-corrected chi connectivity index (χ4v) is 3.57. The summed E-state index contributed by atoms with van der Waals surface area (Å²) < 4.78 is 64.2. The lowest BCUT2D eigenvalue weighted by molar-refractivity contribution is -0.139. The van der Waals surface area contributed by atoms with E-state index in [9.17, 15) is 17.4 Å². The highest BCUT2D eigenvalue weighted by Crippen LogP contribution is 2.29. The summed E-state index contributed by atoms with van der Waals surface area (Å²) in [4.78, 5) is 0. The molecular weight excluding hydrogens is 381 g/mol. The number of alkyl halides is 3. The lowest BCUT2D eigenvalue weighted by Gasteiger charge is -2.31. The zero-order valence-corrected chi connectivity index (χ0v) is 16.7. The van der Waals surface area contributed by atoms with Gasteiger partial charge in [0, 0.05) is 0 Å². The Morgan fingerprint density at radius 2 is 1.63 bits per heavy atom. The molecule has 0 amide bonds. The van der Waals surface area contributed by atoms with Crippen molar-refractivity contribution in [3.8, 4) is 5.75 Å². The maximum absolute atomic E-state index is 12.1. The largest absolute Gasteiger partial charge is 0.488 e. The summed E-state index contributed by atoms with van der Waals surface area (Å²) in [5, 5.41) is 0. The molecule has 4 nitrogen and oxygen atoms in total. The van der Waals surface area contributed by atoms with E-state index in [-0.39, 0.29) is 11.5 Å². The summed E-state index contributed by atoms with van der Waals surface area (Å²) in [5.74, 6) is 0.687. The van der Waals surface area contributed by atoms with Gasteiger partial charge in [-0.3, -0.25) is 8.37 Å². The average Bonchev–Trinajstić information content (AvgIpc) is 2.55. The van der Waals surface area contributed by atoms with Gasteiger partial charge >= 0.3 is 17.5 Å². The third kappa shape index (κ3) is 7.79. The highest BCUT2D eigenvalue weighted by atomic mass is 32.2. The molecule has 154 valence electrons. The van der Waals surface area contributed by atoms with E-state index in [4.69, 9.17) is 8.92 Å². The molecule has 1 aromatic rings. The Hall–Kier alpha value is -1.12. The van der Waals surface area contributed by atoms with Gasteiger partial charge in [0.25, 0.3) is 0 Å². The lowest BCUT2D eigenvalue weighted by atomic mass is 9.87. The van der Waals surface area contributed by atoms with Crippen LogP contribution in [-0.2, 0) is 25.1 Å². The van der Waals surface area contributed by atoms with Gasteiger partial charge in [-0.15, -0.1) is 0 Å². The Balaban J connectivity index is 1.90. The Morgan fingerprint density at radius 1 is 1.04 bits per heavy atom. The summed E-state index contributed by atoms with van der Waals surface area (Å²) in [6.45, 7) is 5.69. The van der Waals surface area contributed by atoms with Crippen LogP contribution in [0.4, 0.5) is 13.2 Å². The van der Waals surface area contributed by atoms with Gasteiger partial charge in [0.05, 0.1) is 13.0 Å². The first kappa shape index (κ1) is 22.2. The Labute approximate surface area is 161 Å². The van der Waals surface area contributed by atoms with Gasteiger partial charge in [0.1, 0.15) is 18.0 Å². The highest BCUT2D eigenvalue weighted by molar-refractivity contribution is 7.75. The monoisotopic (exact) mass is 408 g/mol. The smallest absolute Gasteiger partial charge is 0.391 e. The Kier molecular flexibility index (Phi) is 7.71. The number of rotatable bonds is 7. The van der Waals surface area contributed by atoms with Crippen LogP contribution in [0.25, 0.3) is 0 Å². The molecule has 2 rings (SSSR count). The van der Waals surface area contributed by atoms with Gasteiger partial charge in [0.2, 0.25) is 0 Å². The van der Waals surface area contributed by atoms with Crippen LogP contribution in [0.3, 0.4) is 0 Å². The predicted octanol–water partition coefficient (Wildman–Crippen LogP) is 5.24. The molecule has 1 saturated carbocycles. The van der Waals surface area contributed by atoms with Crippen LogP contribution >= 0.6 is 0 Å². The van der Waals surface area contributed by atoms with Gasteiger partial charge in [-0.2, -0.15) is 17.4 Å². The SMILES string of the molecule is CC(C)(C)c1ccc(O[C@H]2CCCC[C@@H]2OS(=O)OCCC(F)(F)F)cc1. The molecule has 1 aromatic carbocycles. The zero-order chi connectivity index (χ0) is 20.1. The molecule has 3 atom stereocenters. The molecule has 27 heavy (non-hydrogen) atoms. The second kappa shape index (κ2) is 9.39. The van der Waals surface area contributed by atoms with Crippen molar-refractivity contribution in [2.75, 3.05) is 6.61 Å². The summed E-state index contributed by atoms with van der Waals surface area (Å²) in [5.41, 5.74) is 1.23. The highest BCUT2D eigenvalue weighted by Gasteiger charge is 2.31. The van der Waals surface area contributed by atoms with Crippen molar-refractivity contribution in [3.63, 3.8) is 0 Å². The molecule has 0 N–H and O–H groups in total. The van der Waals surface area contributed by atoms with E-state index in [1.807, 2.05) is 24.3 Å². The molecule has 1 aliphatic rings. The van der Waals surface area contributed by atoms with Crippen molar-refractivity contribution in [3.05, 3.63) is 29.8 Å². The van der Waals surface area contributed by atoms with Gasteiger partial charge in [-0.1, -0.05) is 39.3 Å². The van der Waals surface area contributed by atoms with E-state index in [0.717, 1.165) is 19.3 Å². The van der Waals surface area contributed by atoms with E-state index in [0.29, 0.717) is 12.2 Å². The third-order valence-electron chi connectivity index (χ3n) is 4.42. The van der Waals surface area contributed by atoms with Crippen LogP contribution < -0.4 is 4.74 Å². The summed E-state index contributed by atoms with van der Waals surface area (Å²) in [6, 6.07) is 7.80. The third-order valence-corrected chi connectivity index (χ3v) is 5.18. The van der Waals surface area contributed by atoms with Crippen molar-refractivity contribution in [2.45, 2.75) is 76.7 Å². The van der Waals surface area contributed by atoms with Crippen molar-refractivity contribution in [2.24, 2.45) is 0 Å². The summed E-state index contributed by atoms with van der Waals surface area (Å²) in [6.07, 6.45) is -3.11. The Morgan fingerprint density at radius 3 is 2.19 bits per heavy atom. The molecule has 0 saturated heterocycles. The first-order valence-corrected chi connectivity index (χ1v) is 10.1. The fraction of sp³-hybridized carbons (Fsp3) is 0.684. The lowest BCUT2D eigenvalue weighted by Crippen LogP contribution is -2.37. The molecule has 1 unspecified atom stereocenters.